The molecule has 0 radical (unpaired) electrons. The van der Waals surface area contributed by atoms with E-state index in [0.29, 0.717) is 0 Å². The Morgan fingerprint density at radius 1 is 1.22 bits per heavy atom. The van der Waals surface area contributed by atoms with Crippen molar-refractivity contribution >= 4 is 41.5 Å². The molecule has 0 spiro atoms. The number of hydrogen-bond acceptors (Lipinski definition) is 4. The molecule has 0 bridgehead atoms. The Morgan fingerprint density at radius 2 is 1.97 bits per heavy atom. The molecule has 0 aromatic heterocycles. The number of aryl methyl sites for hydroxylation is 1. The highest BCUT2D eigenvalue weighted by atomic mass is 127. The predicted octanol–water partition coefficient (Wildman–Crippen LogP) is 2.97. The zero-order valence-electron chi connectivity index (χ0n) is 20.1. The lowest BCUT2D eigenvalue weighted by atomic mass is 9.96. The molecule has 0 aliphatic carbocycles. The van der Waals surface area contributed by atoms with Crippen molar-refractivity contribution in [2.75, 3.05) is 57.3 Å². The Kier molecular flexibility index (Phi) is 14.4. The van der Waals surface area contributed by atoms with Crippen molar-refractivity contribution in [1.82, 2.24) is 15.5 Å². The molecule has 1 saturated heterocycles. The summed E-state index contributed by atoms with van der Waals surface area (Å²) in [5.41, 5.74) is 7.97. The van der Waals surface area contributed by atoms with Gasteiger partial charge in [-0.1, -0.05) is 12.1 Å². The van der Waals surface area contributed by atoms with Crippen LogP contribution < -0.4 is 21.3 Å². The number of likely N-dealkylation sites (N-methyl/N-ethyl adjacent to an activating group) is 1. The summed E-state index contributed by atoms with van der Waals surface area (Å²) in [7, 11) is 0. The Balaban J connectivity index is 0.00000512. The Labute approximate surface area is 211 Å². The van der Waals surface area contributed by atoms with E-state index in [1.165, 1.54) is 11.3 Å². The van der Waals surface area contributed by atoms with E-state index in [2.05, 4.69) is 65.5 Å². The van der Waals surface area contributed by atoms with Crippen molar-refractivity contribution in [2.45, 2.75) is 46.5 Å². The first kappa shape index (κ1) is 28.5. The van der Waals surface area contributed by atoms with E-state index < -0.39 is 0 Å². The molecule has 1 heterocycles. The average Bonchev–Trinajstić information content (AvgIpc) is 2.76. The maximum absolute atomic E-state index is 11.3. The number of hydrogen-bond donors (Lipinski definition) is 3. The highest BCUT2D eigenvalue weighted by molar-refractivity contribution is 14.0. The molecule has 1 fully saturated rings. The fourth-order valence-electron chi connectivity index (χ4n) is 4.02. The SMILES string of the molecule is CCNC(=NCCCCN1CCC(C(N)=O)CC1)NCCN(CC)c1cccc(C)c1.I. The molecule has 0 unspecified atom stereocenters. The van der Waals surface area contributed by atoms with Crippen LogP contribution in [0.1, 0.15) is 45.1 Å². The number of carbonyl (C=O) groups is 1. The fraction of sp³-hybridized carbons (Fsp3) is 0.667. The van der Waals surface area contributed by atoms with Gasteiger partial charge in [0.2, 0.25) is 5.91 Å². The van der Waals surface area contributed by atoms with E-state index >= 15 is 0 Å². The van der Waals surface area contributed by atoms with Gasteiger partial charge in [-0.25, -0.2) is 0 Å². The second kappa shape index (κ2) is 16.1. The topological polar surface area (TPSA) is 86.0 Å². The van der Waals surface area contributed by atoms with Crippen LogP contribution in [0.3, 0.4) is 0 Å². The van der Waals surface area contributed by atoms with Gasteiger partial charge in [-0.3, -0.25) is 9.79 Å². The lowest BCUT2D eigenvalue weighted by Crippen LogP contribution is -2.41. The summed E-state index contributed by atoms with van der Waals surface area (Å²) in [5, 5.41) is 6.81. The minimum absolute atomic E-state index is 0. The molecule has 1 aliphatic rings. The zero-order valence-corrected chi connectivity index (χ0v) is 22.4. The summed E-state index contributed by atoms with van der Waals surface area (Å²) < 4.78 is 0. The van der Waals surface area contributed by atoms with E-state index in [0.717, 1.165) is 84.0 Å². The smallest absolute Gasteiger partial charge is 0.220 e. The maximum atomic E-state index is 11.3. The van der Waals surface area contributed by atoms with Crippen LogP contribution in [0.25, 0.3) is 0 Å². The van der Waals surface area contributed by atoms with E-state index in [1.54, 1.807) is 0 Å². The lowest BCUT2D eigenvalue weighted by molar-refractivity contribution is -0.123. The molecular formula is C24H43IN6O. The average molecular weight is 559 g/mol. The van der Waals surface area contributed by atoms with Crippen molar-refractivity contribution < 1.29 is 4.79 Å². The third-order valence-corrected chi connectivity index (χ3v) is 5.91. The molecule has 8 heteroatoms. The largest absolute Gasteiger partial charge is 0.370 e. The summed E-state index contributed by atoms with van der Waals surface area (Å²) in [6, 6.07) is 8.66. The first-order chi connectivity index (χ1) is 15.0. The number of rotatable bonds is 12. The number of nitrogens with two attached hydrogens (primary N) is 1. The Bertz CT molecular complexity index is 691. The molecule has 32 heavy (non-hydrogen) atoms. The van der Waals surface area contributed by atoms with E-state index in [4.69, 9.17) is 10.7 Å². The van der Waals surface area contributed by atoms with Gasteiger partial charge in [-0.2, -0.15) is 0 Å². The van der Waals surface area contributed by atoms with Crippen molar-refractivity contribution in [3.63, 3.8) is 0 Å². The second-order valence-electron chi connectivity index (χ2n) is 8.33. The van der Waals surface area contributed by atoms with E-state index in [-0.39, 0.29) is 35.8 Å². The van der Waals surface area contributed by atoms with Gasteiger partial charge in [0.05, 0.1) is 0 Å². The van der Waals surface area contributed by atoms with Gasteiger partial charge in [-0.15, -0.1) is 24.0 Å². The summed E-state index contributed by atoms with van der Waals surface area (Å²) in [6.45, 7) is 13.9. The number of nitrogens with zero attached hydrogens (tertiary/aromatic N) is 3. The van der Waals surface area contributed by atoms with Crippen molar-refractivity contribution in [1.29, 1.82) is 0 Å². The number of halogens is 1. The molecule has 7 nitrogen and oxygen atoms in total. The van der Waals surface area contributed by atoms with Crippen LogP contribution in [0.4, 0.5) is 5.69 Å². The molecular weight excluding hydrogens is 515 g/mol. The number of aliphatic imine (C=N–C) groups is 1. The van der Waals surface area contributed by atoms with Crippen LogP contribution in [0.15, 0.2) is 29.3 Å². The number of nitrogens with one attached hydrogen (secondary N) is 2. The van der Waals surface area contributed by atoms with Crippen molar-refractivity contribution in [3.05, 3.63) is 29.8 Å². The van der Waals surface area contributed by atoms with E-state index in [9.17, 15) is 4.79 Å². The Morgan fingerprint density at radius 3 is 2.59 bits per heavy atom. The molecule has 0 atom stereocenters. The van der Waals surface area contributed by atoms with Crippen LogP contribution in [0.5, 0.6) is 0 Å². The fourth-order valence-corrected chi connectivity index (χ4v) is 4.02. The Hall–Kier alpha value is -1.55. The number of anilines is 1. The third kappa shape index (κ3) is 10.4. The van der Waals surface area contributed by atoms with Crippen LogP contribution in [-0.2, 0) is 4.79 Å². The third-order valence-electron chi connectivity index (χ3n) is 5.91. The minimum atomic E-state index is -0.140. The number of piperidine rings is 1. The normalized spacial score (nSPS) is 15.2. The molecule has 0 saturated carbocycles. The number of carbonyl (C=O) groups excluding carboxylic acids is 1. The van der Waals surface area contributed by atoms with Gasteiger partial charge in [0.1, 0.15) is 0 Å². The number of unbranched alkanes of at least 4 members (excludes halogenated alkanes) is 1. The summed E-state index contributed by atoms with van der Waals surface area (Å²) in [5.74, 6) is 0.826. The second-order valence-corrected chi connectivity index (χ2v) is 8.33. The van der Waals surface area contributed by atoms with Gasteiger partial charge in [-0.05, 0) is 83.8 Å². The molecule has 1 aromatic carbocycles. The van der Waals surface area contributed by atoms with Gasteiger partial charge < -0.3 is 26.2 Å². The van der Waals surface area contributed by atoms with Crippen LogP contribution >= 0.6 is 24.0 Å². The van der Waals surface area contributed by atoms with Gasteiger partial charge >= 0.3 is 0 Å². The van der Waals surface area contributed by atoms with Crippen LogP contribution in [0, 0.1) is 12.8 Å². The van der Waals surface area contributed by atoms with Crippen molar-refractivity contribution in [2.24, 2.45) is 16.6 Å². The quantitative estimate of drug-likeness (QED) is 0.159. The van der Waals surface area contributed by atoms with Gasteiger partial charge in [0, 0.05) is 44.3 Å². The molecule has 1 aliphatic heterocycles. The summed E-state index contributed by atoms with van der Waals surface area (Å²) in [4.78, 5) is 20.8. The highest BCUT2D eigenvalue weighted by Gasteiger charge is 2.22. The number of primary amides is 1. The highest BCUT2D eigenvalue weighted by Crippen LogP contribution is 2.17. The monoisotopic (exact) mass is 558 g/mol. The standard InChI is InChI=1S/C24H42N6O.HI/c1-4-26-24(28-14-18-30(5-2)22-10-8-9-20(3)19-22)27-13-6-7-15-29-16-11-21(12-17-29)23(25)31;/h8-10,19,21H,4-7,11-18H2,1-3H3,(H2,25,31)(H2,26,27,28);1H. The molecule has 2 rings (SSSR count). The molecule has 1 aromatic rings. The molecule has 4 N–H and O–H groups in total. The van der Waals surface area contributed by atoms with Crippen molar-refractivity contribution in [3.8, 4) is 0 Å². The maximum Gasteiger partial charge on any atom is 0.220 e. The first-order valence-corrected chi connectivity index (χ1v) is 11.9. The van der Waals surface area contributed by atoms with Gasteiger partial charge in [0.15, 0.2) is 5.96 Å². The van der Waals surface area contributed by atoms with Crippen LogP contribution in [-0.4, -0.2) is 69.1 Å². The summed E-state index contributed by atoms with van der Waals surface area (Å²) >= 11 is 0. The van der Waals surface area contributed by atoms with Gasteiger partial charge in [0.25, 0.3) is 0 Å². The summed E-state index contributed by atoms with van der Waals surface area (Å²) in [6.07, 6.45) is 4.00. The zero-order chi connectivity index (χ0) is 22.5. The van der Waals surface area contributed by atoms with E-state index in [1.807, 2.05) is 0 Å². The van der Waals surface area contributed by atoms with Crippen LogP contribution in [0.2, 0.25) is 0 Å². The number of guanidine groups is 1. The molecule has 1 amide bonds. The lowest BCUT2D eigenvalue weighted by Gasteiger charge is -2.30. The number of amides is 1. The first-order valence-electron chi connectivity index (χ1n) is 11.9. The minimum Gasteiger partial charge on any atom is -0.370 e. The number of benzene rings is 1. The molecule has 182 valence electrons. The predicted molar refractivity (Wildman–Crippen MR) is 146 cm³/mol. The number of likely N-dealkylation sites (tertiary alicyclic amines) is 1.